The van der Waals surface area contributed by atoms with E-state index < -0.39 is 35.0 Å². The smallest absolute Gasteiger partial charge is 0.238 e. The molecule has 1 heterocycles. The number of methoxy groups -OCH3 is 2. The molecule has 1 saturated heterocycles. The number of amides is 2. The number of Topliss-reactive ketones (excluding diaryl/α,β-unsaturated/α-hetero) is 1. The van der Waals surface area contributed by atoms with Crippen molar-refractivity contribution in [3.8, 4) is 17.2 Å². The molecular formula is C52H45NO8. The second-order valence-electron chi connectivity index (χ2n) is 16.0. The van der Waals surface area contributed by atoms with Crippen molar-refractivity contribution < 1.29 is 38.5 Å². The van der Waals surface area contributed by atoms with Crippen molar-refractivity contribution in [2.75, 3.05) is 32.3 Å². The fourth-order valence-corrected chi connectivity index (χ4v) is 10.3. The van der Waals surface area contributed by atoms with Crippen molar-refractivity contribution in [1.29, 1.82) is 0 Å². The maximum atomic E-state index is 15.3. The molecule has 4 aliphatic rings. The van der Waals surface area contributed by atoms with Gasteiger partial charge in [0.05, 0.1) is 43.8 Å². The number of aliphatic hydroxyl groups is 1. The molecule has 6 unspecified atom stereocenters. The molecule has 6 atom stereocenters. The highest BCUT2D eigenvalue weighted by atomic mass is 16.5. The molecule has 306 valence electrons. The Bertz CT molecular complexity index is 2600. The molecule has 0 radical (unpaired) electrons. The number of hydrogen-bond acceptors (Lipinski definition) is 8. The largest absolute Gasteiger partial charge is 0.497 e. The first-order valence-electron chi connectivity index (χ1n) is 20.6. The van der Waals surface area contributed by atoms with E-state index in [1.54, 1.807) is 26.4 Å². The number of hydrogen-bond donors (Lipinski definition) is 1. The summed E-state index contributed by atoms with van der Waals surface area (Å²) in [6.07, 6.45) is 7.98. The summed E-state index contributed by atoms with van der Waals surface area (Å²) in [5.74, 6) is -2.30. The molecule has 61 heavy (non-hydrogen) atoms. The van der Waals surface area contributed by atoms with Gasteiger partial charge in [0.2, 0.25) is 11.8 Å². The summed E-state index contributed by atoms with van der Waals surface area (Å²) in [5.41, 5.74) is 4.25. The summed E-state index contributed by atoms with van der Waals surface area (Å²) in [7, 11) is 3.22. The summed E-state index contributed by atoms with van der Waals surface area (Å²) in [6, 6.07) is 39.1. The second kappa shape index (κ2) is 16.3. The second-order valence-corrected chi connectivity index (χ2v) is 16.0. The van der Waals surface area contributed by atoms with E-state index in [0.29, 0.717) is 40.5 Å². The van der Waals surface area contributed by atoms with Crippen molar-refractivity contribution in [2.24, 2.45) is 23.7 Å². The Balaban J connectivity index is 1.12. The van der Waals surface area contributed by atoms with Gasteiger partial charge >= 0.3 is 0 Å². The molecule has 1 N–H and O–H groups in total. The lowest BCUT2D eigenvalue weighted by molar-refractivity contribution is -0.135. The van der Waals surface area contributed by atoms with E-state index in [2.05, 4.69) is 6.08 Å². The zero-order chi connectivity index (χ0) is 42.3. The number of rotatable bonds is 11. The molecule has 2 fully saturated rings. The van der Waals surface area contributed by atoms with Crippen molar-refractivity contribution in [1.82, 2.24) is 0 Å². The van der Waals surface area contributed by atoms with Crippen molar-refractivity contribution in [2.45, 2.75) is 24.2 Å². The average Bonchev–Trinajstić information content (AvgIpc) is 3.57. The van der Waals surface area contributed by atoms with Crippen LogP contribution in [0.25, 0.3) is 17.7 Å². The van der Waals surface area contributed by atoms with Crippen LogP contribution in [0.2, 0.25) is 0 Å². The molecule has 9 nitrogen and oxygen atoms in total. The Kier molecular flexibility index (Phi) is 10.6. The zero-order valence-electron chi connectivity index (χ0n) is 33.9. The lowest BCUT2D eigenvalue weighted by Gasteiger charge is -2.55. The molecule has 2 amide bonds. The number of carbonyl (C=O) groups excluding carboxylic acids is 4. The molecule has 0 aromatic heterocycles. The van der Waals surface area contributed by atoms with Crippen molar-refractivity contribution in [3.63, 3.8) is 0 Å². The van der Waals surface area contributed by atoms with E-state index in [4.69, 9.17) is 14.2 Å². The van der Waals surface area contributed by atoms with Gasteiger partial charge in [0, 0.05) is 23.0 Å². The SMILES string of the molecule is COc1ccc(OC)c(C=Cc2ccc(N3C(=O)C4CC=C5C(CC6C(=O)C(c7ccccc7)=CC(=O)C6(c6ccccc6)C5c5ccc(OCCO)cc5)C4C3=O)cc2)c1. The third-order valence-corrected chi connectivity index (χ3v) is 13.0. The van der Waals surface area contributed by atoms with Gasteiger partial charge in [-0.05, 0) is 89.6 Å². The fraction of sp³-hybridized carbons (Fsp3) is 0.231. The van der Waals surface area contributed by atoms with Crippen LogP contribution in [0, 0.1) is 23.7 Å². The summed E-state index contributed by atoms with van der Waals surface area (Å²) < 4.78 is 16.6. The highest BCUT2D eigenvalue weighted by molar-refractivity contribution is 6.32. The Morgan fingerprint density at radius 2 is 1.46 bits per heavy atom. The third-order valence-electron chi connectivity index (χ3n) is 13.0. The van der Waals surface area contributed by atoms with Crippen LogP contribution in [0.4, 0.5) is 5.69 Å². The highest BCUT2D eigenvalue weighted by Crippen LogP contribution is 2.63. The maximum absolute atomic E-state index is 15.3. The fourth-order valence-electron chi connectivity index (χ4n) is 10.3. The number of nitrogens with zero attached hydrogens (tertiary/aromatic N) is 1. The number of benzene rings is 5. The number of allylic oxidation sites excluding steroid dienone is 4. The molecule has 1 saturated carbocycles. The van der Waals surface area contributed by atoms with Crippen LogP contribution >= 0.6 is 0 Å². The van der Waals surface area contributed by atoms with E-state index in [1.807, 2.05) is 127 Å². The number of fused-ring (bicyclic) bond motifs is 4. The third kappa shape index (κ3) is 6.70. The number of ether oxygens (including phenoxy) is 3. The standard InChI is InChI=1S/C52H45NO8/c1-59-39-23-26-45(60-2)35(29-39)16-13-32-14-19-37(20-15-32)53-50(57)41-25-24-40-43(47(41)51(53)58)30-44-49(56)42(33-9-5-3-6-10-33)31-46(55)52(44,36-11-7-4-8-12-36)48(40)34-17-21-38(22-18-34)61-28-27-54/h3-24,26,29,31,41,43-44,47-48,54H,25,27-28,30H2,1-2H3. The number of ketones is 2. The quantitative estimate of drug-likeness (QED) is 0.0805. The molecule has 5 aromatic carbocycles. The average molecular weight is 812 g/mol. The van der Waals surface area contributed by atoms with Crippen LogP contribution in [-0.4, -0.2) is 55.9 Å². The topological polar surface area (TPSA) is 119 Å². The molecule has 9 rings (SSSR count). The van der Waals surface area contributed by atoms with Gasteiger partial charge in [-0.3, -0.25) is 24.1 Å². The first-order valence-corrected chi connectivity index (χ1v) is 20.6. The van der Waals surface area contributed by atoms with Crippen molar-refractivity contribution in [3.05, 3.63) is 173 Å². The van der Waals surface area contributed by atoms with Gasteiger partial charge in [-0.25, -0.2) is 0 Å². The van der Waals surface area contributed by atoms with Crippen molar-refractivity contribution >= 4 is 46.8 Å². The lowest BCUT2D eigenvalue weighted by atomic mass is 9.44. The number of imide groups is 1. The Hall–Kier alpha value is -6.84. The van der Waals surface area contributed by atoms with Crippen LogP contribution in [0.5, 0.6) is 17.2 Å². The maximum Gasteiger partial charge on any atom is 0.238 e. The van der Waals surface area contributed by atoms with Crippen LogP contribution in [0.1, 0.15) is 46.6 Å². The molecular weight excluding hydrogens is 767 g/mol. The highest BCUT2D eigenvalue weighted by Gasteiger charge is 2.66. The minimum atomic E-state index is -1.33. The Labute approximate surface area is 354 Å². The first kappa shape index (κ1) is 39.6. The van der Waals surface area contributed by atoms with Gasteiger partial charge in [-0.15, -0.1) is 0 Å². The molecule has 3 aliphatic carbocycles. The van der Waals surface area contributed by atoms with E-state index in [9.17, 15) is 14.7 Å². The van der Waals surface area contributed by atoms with E-state index >= 15 is 9.59 Å². The molecule has 9 heteroatoms. The van der Waals surface area contributed by atoms with Gasteiger partial charge in [-0.1, -0.05) is 109 Å². The van der Waals surface area contributed by atoms with Gasteiger partial charge in [-0.2, -0.15) is 0 Å². The predicted octanol–water partition coefficient (Wildman–Crippen LogP) is 8.27. The van der Waals surface area contributed by atoms with Crippen LogP contribution < -0.4 is 19.1 Å². The van der Waals surface area contributed by atoms with Gasteiger partial charge in [0.1, 0.15) is 23.9 Å². The molecule has 1 aliphatic heterocycles. The summed E-state index contributed by atoms with van der Waals surface area (Å²) in [6.45, 7) is -0.0162. The first-order chi connectivity index (χ1) is 29.8. The van der Waals surface area contributed by atoms with E-state index in [-0.39, 0.29) is 43.0 Å². The summed E-state index contributed by atoms with van der Waals surface area (Å²) >= 11 is 0. The normalized spacial score (nSPS) is 24.4. The zero-order valence-corrected chi connectivity index (χ0v) is 33.9. The van der Waals surface area contributed by atoms with E-state index in [1.165, 1.54) is 11.0 Å². The van der Waals surface area contributed by atoms with E-state index in [0.717, 1.165) is 27.8 Å². The van der Waals surface area contributed by atoms with Crippen LogP contribution in [0.15, 0.2) is 145 Å². The number of aliphatic hydroxyl groups excluding tert-OH is 1. The summed E-state index contributed by atoms with van der Waals surface area (Å²) in [5, 5.41) is 9.40. The number of anilines is 1. The minimum Gasteiger partial charge on any atom is -0.497 e. The number of carbonyl (C=O) groups is 4. The van der Waals surface area contributed by atoms with Gasteiger partial charge in [0.25, 0.3) is 0 Å². The lowest BCUT2D eigenvalue weighted by Crippen LogP contribution is -2.58. The monoisotopic (exact) mass is 811 g/mol. The summed E-state index contributed by atoms with van der Waals surface area (Å²) in [4.78, 5) is 61.1. The van der Waals surface area contributed by atoms with Gasteiger partial charge in [0.15, 0.2) is 11.6 Å². The molecule has 0 bridgehead atoms. The molecule has 5 aromatic rings. The predicted molar refractivity (Wildman–Crippen MR) is 233 cm³/mol. The minimum absolute atomic E-state index is 0.125. The van der Waals surface area contributed by atoms with Crippen LogP contribution in [0.3, 0.4) is 0 Å². The Morgan fingerprint density at radius 3 is 2.15 bits per heavy atom. The van der Waals surface area contributed by atoms with Crippen LogP contribution in [-0.2, 0) is 24.6 Å². The van der Waals surface area contributed by atoms with Gasteiger partial charge < -0.3 is 19.3 Å². The Morgan fingerprint density at radius 1 is 0.754 bits per heavy atom. The molecule has 0 spiro atoms.